The van der Waals surface area contributed by atoms with Crippen LogP contribution in [0.25, 0.3) is 11.0 Å². The van der Waals surface area contributed by atoms with Crippen LogP contribution < -0.4 is 14.8 Å². The first-order valence-electron chi connectivity index (χ1n) is 7.38. The van der Waals surface area contributed by atoms with Gasteiger partial charge in [0.05, 0.1) is 32.4 Å². The molecule has 1 heterocycles. The zero-order chi connectivity index (χ0) is 16.9. The Balaban J connectivity index is 1.63. The Kier molecular flexibility index (Phi) is 4.90. The van der Waals surface area contributed by atoms with Gasteiger partial charge in [-0.1, -0.05) is 12.1 Å². The van der Waals surface area contributed by atoms with Gasteiger partial charge in [-0.2, -0.15) is 8.75 Å². The summed E-state index contributed by atoms with van der Waals surface area (Å²) >= 11 is 1.18. The predicted molar refractivity (Wildman–Crippen MR) is 92.5 cm³/mol. The molecule has 0 bridgehead atoms. The minimum Gasteiger partial charge on any atom is -0.497 e. The largest absolute Gasteiger partial charge is 0.497 e. The van der Waals surface area contributed by atoms with Gasteiger partial charge in [0.1, 0.15) is 22.5 Å². The Labute approximate surface area is 143 Å². The van der Waals surface area contributed by atoms with E-state index in [-0.39, 0.29) is 12.3 Å². The third-order valence-corrected chi connectivity index (χ3v) is 4.21. The Hall–Kier alpha value is -2.67. The van der Waals surface area contributed by atoms with Crippen LogP contribution in [-0.2, 0) is 17.8 Å². The van der Waals surface area contributed by atoms with Gasteiger partial charge in [0.2, 0.25) is 5.91 Å². The van der Waals surface area contributed by atoms with E-state index in [1.54, 1.807) is 20.3 Å². The lowest BCUT2D eigenvalue weighted by atomic mass is 10.1. The second-order valence-electron chi connectivity index (χ2n) is 5.22. The summed E-state index contributed by atoms with van der Waals surface area (Å²) < 4.78 is 18.8. The van der Waals surface area contributed by atoms with Gasteiger partial charge >= 0.3 is 0 Å². The van der Waals surface area contributed by atoms with Crippen molar-refractivity contribution in [3.63, 3.8) is 0 Å². The van der Waals surface area contributed by atoms with Crippen LogP contribution in [-0.4, -0.2) is 28.9 Å². The van der Waals surface area contributed by atoms with Crippen LogP contribution in [0.5, 0.6) is 11.5 Å². The molecule has 0 saturated carbocycles. The number of benzene rings is 2. The van der Waals surface area contributed by atoms with Gasteiger partial charge in [-0.15, -0.1) is 0 Å². The summed E-state index contributed by atoms with van der Waals surface area (Å²) in [5.74, 6) is 1.26. The molecule has 3 rings (SSSR count). The Morgan fingerprint density at radius 3 is 2.71 bits per heavy atom. The monoisotopic (exact) mass is 343 g/mol. The van der Waals surface area contributed by atoms with Crippen molar-refractivity contribution >= 4 is 28.7 Å². The molecular weight excluding hydrogens is 326 g/mol. The molecule has 124 valence electrons. The molecule has 0 saturated heterocycles. The van der Waals surface area contributed by atoms with Crippen LogP contribution in [0, 0.1) is 0 Å². The normalized spacial score (nSPS) is 10.6. The molecule has 0 aliphatic heterocycles. The van der Waals surface area contributed by atoms with E-state index in [1.165, 1.54) is 11.7 Å². The molecule has 2 aromatic carbocycles. The fourth-order valence-corrected chi connectivity index (χ4v) is 2.89. The van der Waals surface area contributed by atoms with Crippen LogP contribution in [0.3, 0.4) is 0 Å². The number of methoxy groups -OCH3 is 2. The van der Waals surface area contributed by atoms with E-state index in [4.69, 9.17) is 9.47 Å². The molecule has 3 aromatic rings. The standard InChI is InChI=1S/C17H17N3O3S/c1-22-13-5-4-12(16(9-13)23-2)8-17(21)18-10-11-3-6-14-15(7-11)20-24-19-14/h3-7,9H,8,10H2,1-2H3,(H,18,21). The topological polar surface area (TPSA) is 73.3 Å². The molecule has 0 atom stereocenters. The van der Waals surface area contributed by atoms with Crippen LogP contribution >= 0.6 is 11.7 Å². The molecule has 0 radical (unpaired) electrons. The number of nitrogens with one attached hydrogen (secondary N) is 1. The second kappa shape index (κ2) is 7.27. The lowest BCUT2D eigenvalue weighted by molar-refractivity contribution is -0.120. The summed E-state index contributed by atoms with van der Waals surface area (Å²) in [6.07, 6.45) is 0.244. The number of carbonyl (C=O) groups excluding carboxylic acids is 1. The molecule has 6 nitrogen and oxygen atoms in total. The highest BCUT2D eigenvalue weighted by Crippen LogP contribution is 2.24. The van der Waals surface area contributed by atoms with Crippen molar-refractivity contribution in [2.75, 3.05) is 14.2 Å². The zero-order valence-electron chi connectivity index (χ0n) is 13.4. The molecule has 0 aliphatic rings. The highest BCUT2D eigenvalue weighted by atomic mass is 32.1. The van der Waals surface area contributed by atoms with Crippen LogP contribution in [0.2, 0.25) is 0 Å². The number of fused-ring (bicyclic) bond motifs is 1. The van der Waals surface area contributed by atoms with Gasteiger partial charge < -0.3 is 14.8 Å². The quantitative estimate of drug-likeness (QED) is 0.745. The molecule has 1 aromatic heterocycles. The SMILES string of the molecule is COc1ccc(CC(=O)NCc2ccc3nsnc3c2)c(OC)c1. The number of hydrogen-bond donors (Lipinski definition) is 1. The summed E-state index contributed by atoms with van der Waals surface area (Å²) in [6, 6.07) is 11.2. The van der Waals surface area contributed by atoms with Crippen molar-refractivity contribution in [1.82, 2.24) is 14.1 Å². The zero-order valence-corrected chi connectivity index (χ0v) is 14.2. The molecule has 0 unspecified atom stereocenters. The number of amides is 1. The van der Waals surface area contributed by atoms with Crippen molar-refractivity contribution in [2.45, 2.75) is 13.0 Å². The number of nitrogens with zero attached hydrogens (tertiary/aromatic N) is 2. The van der Waals surface area contributed by atoms with Crippen molar-refractivity contribution in [1.29, 1.82) is 0 Å². The van der Waals surface area contributed by atoms with E-state index < -0.39 is 0 Å². The third kappa shape index (κ3) is 3.62. The first-order valence-corrected chi connectivity index (χ1v) is 8.11. The first-order chi connectivity index (χ1) is 11.7. The van der Waals surface area contributed by atoms with Crippen molar-refractivity contribution < 1.29 is 14.3 Å². The number of hydrogen-bond acceptors (Lipinski definition) is 6. The average Bonchev–Trinajstić information content (AvgIpc) is 3.08. The highest BCUT2D eigenvalue weighted by molar-refractivity contribution is 7.00. The molecule has 7 heteroatoms. The minimum atomic E-state index is -0.0741. The summed E-state index contributed by atoms with van der Waals surface area (Å²) in [6.45, 7) is 0.449. The summed E-state index contributed by atoms with van der Waals surface area (Å²) in [4.78, 5) is 12.2. The van der Waals surface area contributed by atoms with Crippen LogP contribution in [0.1, 0.15) is 11.1 Å². The smallest absolute Gasteiger partial charge is 0.224 e. The van der Waals surface area contributed by atoms with Gasteiger partial charge in [0.25, 0.3) is 0 Å². The average molecular weight is 343 g/mol. The van der Waals surface area contributed by atoms with Gasteiger partial charge in [-0.05, 0) is 23.8 Å². The van der Waals surface area contributed by atoms with Crippen molar-refractivity contribution in [2.24, 2.45) is 0 Å². The maximum atomic E-state index is 12.2. The van der Waals surface area contributed by atoms with E-state index >= 15 is 0 Å². The second-order valence-corrected chi connectivity index (χ2v) is 5.75. The molecule has 0 spiro atoms. The molecule has 0 fully saturated rings. The minimum absolute atomic E-state index is 0.0741. The van der Waals surface area contributed by atoms with E-state index in [1.807, 2.05) is 30.3 Å². The summed E-state index contributed by atoms with van der Waals surface area (Å²) in [5.41, 5.74) is 3.53. The van der Waals surface area contributed by atoms with Gasteiger partial charge in [-0.3, -0.25) is 4.79 Å². The lowest BCUT2D eigenvalue weighted by Crippen LogP contribution is -2.24. The number of rotatable bonds is 6. The van der Waals surface area contributed by atoms with E-state index in [0.717, 1.165) is 22.2 Å². The maximum Gasteiger partial charge on any atom is 0.224 e. The number of aromatic nitrogens is 2. The molecule has 1 amide bonds. The lowest BCUT2D eigenvalue weighted by Gasteiger charge is -2.11. The fourth-order valence-electron chi connectivity index (χ4n) is 2.37. The highest BCUT2D eigenvalue weighted by Gasteiger charge is 2.10. The van der Waals surface area contributed by atoms with E-state index in [2.05, 4.69) is 14.1 Å². The molecule has 24 heavy (non-hydrogen) atoms. The molecule has 0 aliphatic carbocycles. The number of ether oxygens (including phenoxy) is 2. The predicted octanol–water partition coefficient (Wildman–Crippen LogP) is 2.57. The molecule has 1 N–H and O–H groups in total. The van der Waals surface area contributed by atoms with Gasteiger partial charge in [0.15, 0.2) is 0 Å². The summed E-state index contributed by atoms with van der Waals surface area (Å²) in [5, 5.41) is 2.91. The number of carbonyl (C=O) groups is 1. The summed E-state index contributed by atoms with van der Waals surface area (Å²) in [7, 11) is 3.17. The van der Waals surface area contributed by atoms with E-state index in [0.29, 0.717) is 18.0 Å². The van der Waals surface area contributed by atoms with E-state index in [9.17, 15) is 4.79 Å². The fraction of sp³-hybridized carbons (Fsp3) is 0.235. The van der Waals surface area contributed by atoms with Crippen LogP contribution in [0.15, 0.2) is 36.4 Å². The van der Waals surface area contributed by atoms with Gasteiger partial charge in [0, 0.05) is 18.2 Å². The maximum absolute atomic E-state index is 12.2. The Morgan fingerprint density at radius 2 is 1.92 bits per heavy atom. The Morgan fingerprint density at radius 1 is 1.08 bits per heavy atom. The van der Waals surface area contributed by atoms with Crippen molar-refractivity contribution in [3.8, 4) is 11.5 Å². The van der Waals surface area contributed by atoms with Gasteiger partial charge in [-0.25, -0.2) is 0 Å². The first kappa shape index (κ1) is 16.2. The Bertz CT molecular complexity index is 863. The third-order valence-electron chi connectivity index (χ3n) is 3.65. The molecular formula is C17H17N3O3S. The van der Waals surface area contributed by atoms with Crippen LogP contribution in [0.4, 0.5) is 0 Å². The van der Waals surface area contributed by atoms with Crippen molar-refractivity contribution in [3.05, 3.63) is 47.5 Å².